The van der Waals surface area contributed by atoms with Gasteiger partial charge in [0.15, 0.2) is 5.82 Å². The number of aromatic nitrogens is 1. The molecule has 0 aliphatic carbocycles. The van der Waals surface area contributed by atoms with Gasteiger partial charge in [-0.15, -0.1) is 0 Å². The van der Waals surface area contributed by atoms with Crippen molar-refractivity contribution in [3.63, 3.8) is 0 Å². The van der Waals surface area contributed by atoms with Gasteiger partial charge in [-0.2, -0.15) is 0 Å². The van der Waals surface area contributed by atoms with Gasteiger partial charge in [0.2, 0.25) is 3.79 Å². The van der Waals surface area contributed by atoms with Crippen LogP contribution in [0.15, 0.2) is 60.8 Å². The topological polar surface area (TPSA) is 109 Å². The number of benzene rings is 1. The molecule has 1 unspecified atom stereocenters. The fraction of sp³-hybridized carbons (Fsp3) is 0.125. The van der Waals surface area contributed by atoms with E-state index in [0.717, 1.165) is 0 Å². The summed E-state index contributed by atoms with van der Waals surface area (Å²) in [5.41, 5.74) is 0.695. The maximum Gasteiger partial charge on any atom is 0.274 e. The fourth-order valence-electron chi connectivity index (χ4n) is 1.97. The third-order valence-electron chi connectivity index (χ3n) is 3.18. The van der Waals surface area contributed by atoms with Gasteiger partial charge in [0, 0.05) is 16.8 Å². The van der Waals surface area contributed by atoms with E-state index in [1.807, 2.05) is 0 Å². The molecule has 28 heavy (non-hydrogen) atoms. The summed E-state index contributed by atoms with van der Waals surface area (Å²) in [6.07, 6.45) is 2.29. The second kappa shape index (κ2) is 9.79. The average Bonchev–Trinajstić information content (AvgIpc) is 2.61. The van der Waals surface area contributed by atoms with E-state index in [2.05, 4.69) is 20.9 Å². The summed E-state index contributed by atoms with van der Waals surface area (Å²) >= 11 is 23.6. The molecule has 1 heterocycles. The molecule has 1 aromatic carbocycles. The molecule has 1 atom stereocenters. The molecule has 1 aromatic heterocycles. The van der Waals surface area contributed by atoms with Crippen LogP contribution in [-0.2, 0) is 0 Å². The molecular formula is C16H13Cl4N5O3. The normalized spacial score (nSPS) is 12.8. The van der Waals surface area contributed by atoms with Crippen molar-refractivity contribution in [3.05, 3.63) is 81.5 Å². The Labute approximate surface area is 180 Å². The molecule has 8 nitrogen and oxygen atoms in total. The molecule has 0 fully saturated rings. The number of carbonyl (C=O) groups is 1. The van der Waals surface area contributed by atoms with Crippen LogP contribution in [0.4, 0.5) is 5.69 Å². The maximum atomic E-state index is 12.4. The zero-order valence-electron chi connectivity index (χ0n) is 13.9. The van der Waals surface area contributed by atoms with Crippen LogP contribution in [0.2, 0.25) is 5.02 Å². The zero-order chi connectivity index (χ0) is 20.7. The first-order chi connectivity index (χ1) is 13.1. The van der Waals surface area contributed by atoms with Crippen LogP contribution in [0, 0.1) is 10.1 Å². The van der Waals surface area contributed by atoms with Gasteiger partial charge in [-0.25, -0.2) is 0 Å². The quantitative estimate of drug-likeness (QED) is 0.248. The molecule has 0 radical (unpaired) electrons. The minimum atomic E-state index is -2.03. The van der Waals surface area contributed by atoms with E-state index in [-0.39, 0.29) is 11.4 Å². The first kappa shape index (κ1) is 22.0. The van der Waals surface area contributed by atoms with Crippen LogP contribution in [0.3, 0.4) is 0 Å². The van der Waals surface area contributed by atoms with E-state index in [4.69, 9.17) is 46.4 Å². The summed E-state index contributed by atoms with van der Waals surface area (Å²) in [5, 5.41) is 19.2. The molecule has 0 bridgehead atoms. The molecule has 0 saturated heterocycles. The van der Waals surface area contributed by atoms with Crippen molar-refractivity contribution in [2.24, 2.45) is 0 Å². The minimum Gasteiger partial charge on any atom is -0.343 e. The van der Waals surface area contributed by atoms with Crippen LogP contribution in [0.5, 0.6) is 0 Å². The highest BCUT2D eigenvalue weighted by Crippen LogP contribution is 2.30. The van der Waals surface area contributed by atoms with Crippen molar-refractivity contribution in [3.8, 4) is 0 Å². The van der Waals surface area contributed by atoms with Gasteiger partial charge in [0.25, 0.3) is 12.1 Å². The van der Waals surface area contributed by atoms with E-state index in [1.54, 1.807) is 12.1 Å². The molecule has 0 aliphatic heterocycles. The van der Waals surface area contributed by atoms with Gasteiger partial charge < -0.3 is 16.0 Å². The Morgan fingerprint density at radius 3 is 2.39 bits per heavy atom. The number of nitrogens with zero attached hydrogens (tertiary/aromatic N) is 2. The highest BCUT2D eigenvalue weighted by molar-refractivity contribution is 6.68. The number of nitrogens with one attached hydrogen (secondary N) is 3. The van der Waals surface area contributed by atoms with Crippen LogP contribution in [0.1, 0.15) is 10.4 Å². The lowest BCUT2D eigenvalue weighted by molar-refractivity contribution is -0.403. The summed E-state index contributed by atoms with van der Waals surface area (Å²) in [6.45, 7) is 0. The second-order valence-corrected chi connectivity index (χ2v) is 8.10. The molecule has 0 saturated carbocycles. The number of nitro groups is 1. The number of halogens is 4. The Balaban J connectivity index is 2.21. The first-order valence-corrected chi connectivity index (χ1v) is 9.08. The van der Waals surface area contributed by atoms with Gasteiger partial charge in [0.05, 0.1) is 16.8 Å². The number of hydrogen-bond acceptors (Lipinski definition) is 6. The van der Waals surface area contributed by atoms with E-state index in [9.17, 15) is 14.9 Å². The minimum absolute atomic E-state index is 0.134. The molecule has 1 amide bonds. The number of pyridine rings is 1. The monoisotopic (exact) mass is 463 g/mol. The molecule has 3 N–H and O–H groups in total. The van der Waals surface area contributed by atoms with Crippen LogP contribution in [0.25, 0.3) is 0 Å². The Morgan fingerprint density at radius 2 is 1.86 bits per heavy atom. The maximum absolute atomic E-state index is 12.4. The standard InChI is InChI=1S/C16H13Cl4N5O3/c17-11-5-3-10(4-6-11)14(26)24-15(16(18,19)20)23-13(9-25(27)28)22-12-2-1-7-21-8-12/h1-9,15,22-23H,(H,24,26). The molecule has 2 aromatic rings. The third kappa shape index (κ3) is 7.05. The van der Waals surface area contributed by atoms with Gasteiger partial charge in [-0.05, 0) is 36.4 Å². The summed E-state index contributed by atoms with van der Waals surface area (Å²) in [5.74, 6) is -0.715. The van der Waals surface area contributed by atoms with Crippen LogP contribution >= 0.6 is 46.4 Å². The van der Waals surface area contributed by atoms with Gasteiger partial charge in [0.1, 0.15) is 6.17 Å². The lowest BCUT2D eigenvalue weighted by Gasteiger charge is -2.28. The number of hydrogen-bond donors (Lipinski definition) is 3. The lowest BCUT2D eigenvalue weighted by Crippen LogP contribution is -2.53. The molecule has 0 spiro atoms. The summed E-state index contributed by atoms with van der Waals surface area (Å²) in [7, 11) is 0. The van der Waals surface area contributed by atoms with Crippen molar-refractivity contribution in [1.82, 2.24) is 15.6 Å². The van der Waals surface area contributed by atoms with Crippen molar-refractivity contribution < 1.29 is 9.72 Å². The molecular weight excluding hydrogens is 452 g/mol. The van der Waals surface area contributed by atoms with E-state index in [0.29, 0.717) is 16.9 Å². The Kier molecular flexibility index (Phi) is 7.70. The van der Waals surface area contributed by atoms with Crippen molar-refractivity contribution in [2.45, 2.75) is 9.96 Å². The van der Waals surface area contributed by atoms with Crippen LogP contribution in [-0.4, -0.2) is 25.8 Å². The second-order valence-electron chi connectivity index (χ2n) is 5.29. The SMILES string of the molecule is O=C(NC(NC(=C[N+](=O)[O-])Nc1cccnc1)C(Cl)(Cl)Cl)c1ccc(Cl)cc1. The molecule has 12 heteroatoms. The zero-order valence-corrected chi connectivity index (χ0v) is 16.9. The number of carbonyl (C=O) groups excluding carboxylic acids is 1. The summed E-state index contributed by atoms with van der Waals surface area (Å²) < 4.78 is -2.03. The van der Waals surface area contributed by atoms with Gasteiger partial charge >= 0.3 is 0 Å². The van der Waals surface area contributed by atoms with Crippen molar-refractivity contribution in [1.29, 1.82) is 0 Å². The van der Waals surface area contributed by atoms with Crippen molar-refractivity contribution in [2.75, 3.05) is 5.32 Å². The Morgan fingerprint density at radius 1 is 1.18 bits per heavy atom. The van der Waals surface area contributed by atoms with Crippen LogP contribution < -0.4 is 16.0 Å². The smallest absolute Gasteiger partial charge is 0.274 e. The Bertz CT molecular complexity index is 857. The largest absolute Gasteiger partial charge is 0.343 e. The van der Waals surface area contributed by atoms with Gasteiger partial charge in [-0.3, -0.25) is 19.9 Å². The van der Waals surface area contributed by atoms with E-state index in [1.165, 1.54) is 36.7 Å². The van der Waals surface area contributed by atoms with E-state index < -0.39 is 20.8 Å². The number of anilines is 1. The molecule has 0 aliphatic rings. The predicted octanol–water partition coefficient (Wildman–Crippen LogP) is 3.94. The van der Waals surface area contributed by atoms with E-state index >= 15 is 0 Å². The average molecular weight is 465 g/mol. The van der Waals surface area contributed by atoms with Crippen molar-refractivity contribution >= 4 is 58.0 Å². The third-order valence-corrected chi connectivity index (χ3v) is 4.09. The highest BCUT2D eigenvalue weighted by Gasteiger charge is 2.35. The highest BCUT2D eigenvalue weighted by atomic mass is 35.6. The number of alkyl halides is 3. The molecule has 2 rings (SSSR count). The summed E-state index contributed by atoms with van der Waals surface area (Å²) in [6, 6.07) is 9.26. The lowest BCUT2D eigenvalue weighted by atomic mass is 10.2. The fourth-order valence-corrected chi connectivity index (χ4v) is 2.43. The Hall–Kier alpha value is -2.26. The number of rotatable bonds is 7. The predicted molar refractivity (Wildman–Crippen MR) is 109 cm³/mol. The summed E-state index contributed by atoms with van der Waals surface area (Å²) in [4.78, 5) is 26.6. The van der Waals surface area contributed by atoms with Gasteiger partial charge in [-0.1, -0.05) is 46.4 Å². The molecule has 148 valence electrons. The first-order valence-electron chi connectivity index (χ1n) is 7.57. The number of amides is 1.